The van der Waals surface area contributed by atoms with Crippen molar-refractivity contribution in [2.45, 2.75) is 18.5 Å². The zero-order valence-electron chi connectivity index (χ0n) is 8.02. The van der Waals surface area contributed by atoms with Crippen LogP contribution in [0.4, 0.5) is 22.0 Å². The van der Waals surface area contributed by atoms with Gasteiger partial charge in [0.25, 0.3) is 6.43 Å². The minimum absolute atomic E-state index is 0.155. The van der Waals surface area contributed by atoms with E-state index in [-0.39, 0.29) is 11.4 Å². The molecule has 2 nitrogen and oxygen atoms in total. The van der Waals surface area contributed by atoms with Crippen molar-refractivity contribution < 1.29 is 22.0 Å². The lowest BCUT2D eigenvalue weighted by atomic mass is 10.1. The Morgan fingerprint density at radius 2 is 2.00 bits per heavy atom. The SMILES string of the molecule is N#Cc1nc(C(F)(F)F)c(C(F)F)cc1CCl. The van der Waals surface area contributed by atoms with Crippen LogP contribution in [0.15, 0.2) is 6.07 Å². The van der Waals surface area contributed by atoms with Gasteiger partial charge in [-0.2, -0.15) is 18.4 Å². The van der Waals surface area contributed by atoms with Gasteiger partial charge in [-0.15, -0.1) is 11.6 Å². The van der Waals surface area contributed by atoms with Crippen LogP contribution in [0.2, 0.25) is 0 Å². The Kier molecular flexibility index (Phi) is 3.88. The number of pyridine rings is 1. The average molecular weight is 271 g/mol. The molecular weight excluding hydrogens is 267 g/mol. The summed E-state index contributed by atoms with van der Waals surface area (Å²) in [7, 11) is 0. The zero-order valence-corrected chi connectivity index (χ0v) is 8.78. The van der Waals surface area contributed by atoms with Gasteiger partial charge in [0.15, 0.2) is 5.69 Å². The Labute approximate surface area is 97.6 Å². The predicted octanol–water partition coefficient (Wildman–Crippen LogP) is 3.65. The lowest BCUT2D eigenvalue weighted by molar-refractivity contribution is -0.143. The van der Waals surface area contributed by atoms with Gasteiger partial charge in [0.2, 0.25) is 0 Å². The van der Waals surface area contributed by atoms with Crippen LogP contribution in [-0.4, -0.2) is 4.98 Å². The lowest BCUT2D eigenvalue weighted by Gasteiger charge is -2.13. The Morgan fingerprint density at radius 3 is 2.35 bits per heavy atom. The normalized spacial score (nSPS) is 11.6. The molecule has 0 aliphatic heterocycles. The van der Waals surface area contributed by atoms with Gasteiger partial charge in [0.05, 0.1) is 5.88 Å². The molecule has 1 heterocycles. The van der Waals surface area contributed by atoms with Crippen LogP contribution in [-0.2, 0) is 12.1 Å². The summed E-state index contributed by atoms with van der Waals surface area (Å²) in [6.07, 6.45) is -8.38. The molecule has 0 aromatic carbocycles. The summed E-state index contributed by atoms with van der Waals surface area (Å²) < 4.78 is 62.2. The van der Waals surface area contributed by atoms with Crippen LogP contribution in [0.25, 0.3) is 0 Å². The van der Waals surface area contributed by atoms with Crippen LogP contribution in [0.5, 0.6) is 0 Å². The number of aromatic nitrogens is 1. The first-order chi connectivity index (χ1) is 7.81. The summed E-state index contributed by atoms with van der Waals surface area (Å²) in [5.74, 6) is -0.367. The number of halogens is 6. The highest BCUT2D eigenvalue weighted by Crippen LogP contribution is 2.36. The molecule has 0 bridgehead atoms. The number of hydrogen-bond donors (Lipinski definition) is 0. The summed E-state index contributed by atoms with van der Waals surface area (Å²) in [5, 5.41) is 8.54. The highest BCUT2D eigenvalue weighted by molar-refractivity contribution is 6.17. The first-order valence-corrected chi connectivity index (χ1v) is 4.70. The highest BCUT2D eigenvalue weighted by atomic mass is 35.5. The molecule has 0 aliphatic carbocycles. The van der Waals surface area contributed by atoms with Crippen LogP contribution < -0.4 is 0 Å². The number of rotatable bonds is 2. The summed E-state index contributed by atoms with van der Waals surface area (Å²) in [6, 6.07) is 1.95. The van der Waals surface area contributed by atoms with Gasteiger partial charge in [-0.05, 0) is 6.07 Å². The monoisotopic (exact) mass is 270 g/mol. The van der Waals surface area contributed by atoms with E-state index in [1.165, 1.54) is 6.07 Å². The molecule has 0 fully saturated rings. The van der Waals surface area contributed by atoms with Crippen molar-refractivity contribution in [3.8, 4) is 6.07 Å². The molecule has 1 aromatic rings. The summed E-state index contributed by atoms with van der Waals surface area (Å²) >= 11 is 5.34. The predicted molar refractivity (Wildman–Crippen MR) is 48.5 cm³/mol. The van der Waals surface area contributed by atoms with E-state index in [9.17, 15) is 22.0 Å². The third-order valence-electron chi connectivity index (χ3n) is 1.88. The molecule has 92 valence electrons. The van der Waals surface area contributed by atoms with Crippen LogP contribution in [0, 0.1) is 11.3 Å². The fourth-order valence-corrected chi connectivity index (χ4v) is 1.37. The van der Waals surface area contributed by atoms with Crippen LogP contribution >= 0.6 is 11.6 Å². The zero-order chi connectivity index (χ0) is 13.2. The molecular formula is C9H4ClF5N2. The Bertz CT molecular complexity index is 464. The molecule has 0 unspecified atom stereocenters. The first-order valence-electron chi connectivity index (χ1n) is 4.16. The van der Waals surface area contributed by atoms with Crippen molar-refractivity contribution in [3.63, 3.8) is 0 Å². The minimum atomic E-state index is -5.04. The number of nitrogens with zero attached hydrogens (tertiary/aromatic N) is 2. The van der Waals surface area contributed by atoms with Crippen molar-refractivity contribution in [2.24, 2.45) is 0 Å². The quantitative estimate of drug-likeness (QED) is 0.607. The summed E-state index contributed by atoms with van der Waals surface area (Å²) in [4.78, 5) is 2.90. The van der Waals surface area contributed by atoms with E-state index in [4.69, 9.17) is 16.9 Å². The molecule has 0 spiro atoms. The fourth-order valence-electron chi connectivity index (χ4n) is 1.16. The highest BCUT2D eigenvalue weighted by Gasteiger charge is 2.38. The third-order valence-corrected chi connectivity index (χ3v) is 2.17. The van der Waals surface area contributed by atoms with E-state index in [2.05, 4.69) is 4.98 Å². The van der Waals surface area contributed by atoms with Crippen molar-refractivity contribution in [3.05, 3.63) is 28.6 Å². The number of nitriles is 1. The fraction of sp³-hybridized carbons (Fsp3) is 0.333. The molecule has 0 radical (unpaired) electrons. The van der Waals surface area contributed by atoms with E-state index < -0.39 is 29.6 Å². The Morgan fingerprint density at radius 1 is 1.41 bits per heavy atom. The number of alkyl halides is 6. The van der Waals surface area contributed by atoms with Crippen molar-refractivity contribution in [1.29, 1.82) is 5.26 Å². The maximum atomic E-state index is 12.4. The molecule has 8 heteroatoms. The third kappa shape index (κ3) is 2.82. The molecule has 0 atom stereocenters. The van der Waals surface area contributed by atoms with Gasteiger partial charge in [-0.3, -0.25) is 0 Å². The van der Waals surface area contributed by atoms with Crippen molar-refractivity contribution in [2.75, 3.05) is 0 Å². The maximum Gasteiger partial charge on any atom is 0.433 e. The average Bonchev–Trinajstić information content (AvgIpc) is 2.25. The van der Waals surface area contributed by atoms with Crippen molar-refractivity contribution in [1.82, 2.24) is 4.98 Å². The van der Waals surface area contributed by atoms with Crippen molar-refractivity contribution >= 4 is 11.6 Å². The first kappa shape index (κ1) is 13.6. The molecule has 0 saturated carbocycles. The molecule has 0 aliphatic rings. The topological polar surface area (TPSA) is 36.7 Å². The Balaban J connectivity index is 3.53. The summed E-state index contributed by atoms with van der Waals surface area (Å²) in [5.41, 5.74) is -3.78. The van der Waals surface area contributed by atoms with Crippen LogP contribution in [0.1, 0.15) is 28.9 Å². The molecule has 0 N–H and O–H groups in total. The number of hydrogen-bond acceptors (Lipinski definition) is 2. The van der Waals surface area contributed by atoms with E-state index in [1.807, 2.05) is 0 Å². The van der Waals surface area contributed by atoms with Gasteiger partial charge in [0.1, 0.15) is 11.8 Å². The molecule has 17 heavy (non-hydrogen) atoms. The minimum Gasteiger partial charge on any atom is -0.232 e. The Hall–Kier alpha value is -1.42. The standard InChI is InChI=1S/C9H4ClF5N2/c10-2-4-1-5(8(11)12)7(9(13,14)15)17-6(4)3-16/h1,8H,2H2. The van der Waals surface area contributed by atoms with E-state index >= 15 is 0 Å². The van der Waals surface area contributed by atoms with Crippen LogP contribution in [0.3, 0.4) is 0 Å². The smallest absolute Gasteiger partial charge is 0.232 e. The molecule has 0 saturated heterocycles. The molecule has 1 rings (SSSR count). The molecule has 1 aromatic heterocycles. The largest absolute Gasteiger partial charge is 0.433 e. The van der Waals surface area contributed by atoms with E-state index in [0.29, 0.717) is 6.07 Å². The second kappa shape index (κ2) is 4.84. The lowest BCUT2D eigenvalue weighted by Crippen LogP contribution is -2.14. The second-order valence-corrected chi connectivity index (χ2v) is 3.25. The second-order valence-electron chi connectivity index (χ2n) is 2.98. The van der Waals surface area contributed by atoms with E-state index in [0.717, 1.165) is 0 Å². The van der Waals surface area contributed by atoms with Gasteiger partial charge < -0.3 is 0 Å². The van der Waals surface area contributed by atoms with Gasteiger partial charge in [-0.25, -0.2) is 13.8 Å². The van der Waals surface area contributed by atoms with E-state index in [1.54, 1.807) is 0 Å². The molecule has 0 amide bonds. The van der Waals surface area contributed by atoms with Gasteiger partial charge >= 0.3 is 6.18 Å². The van der Waals surface area contributed by atoms with Gasteiger partial charge in [-0.1, -0.05) is 0 Å². The summed E-state index contributed by atoms with van der Waals surface area (Å²) in [6.45, 7) is 0. The maximum absolute atomic E-state index is 12.4. The van der Waals surface area contributed by atoms with Gasteiger partial charge in [0, 0.05) is 11.1 Å².